The molecule has 3 rings (SSSR count). The van der Waals surface area contributed by atoms with Crippen LogP contribution in [0.3, 0.4) is 0 Å². The number of carbonyl (C=O) groups excluding carboxylic acids is 1. The average molecular weight is 412 g/mol. The lowest BCUT2D eigenvalue weighted by molar-refractivity contribution is -0.385. The highest BCUT2D eigenvalue weighted by Crippen LogP contribution is 2.23. The summed E-state index contributed by atoms with van der Waals surface area (Å²) < 4.78 is 1.41. The Hall–Kier alpha value is -2.16. The van der Waals surface area contributed by atoms with Gasteiger partial charge in [0, 0.05) is 49.3 Å². The van der Waals surface area contributed by atoms with Crippen molar-refractivity contribution < 1.29 is 9.72 Å². The van der Waals surface area contributed by atoms with Crippen molar-refractivity contribution in [2.75, 3.05) is 26.2 Å². The van der Waals surface area contributed by atoms with Crippen LogP contribution in [0.2, 0.25) is 10.0 Å². The van der Waals surface area contributed by atoms with Gasteiger partial charge in [0.05, 0.1) is 4.92 Å². The van der Waals surface area contributed by atoms with E-state index in [1.165, 1.54) is 10.9 Å². The third kappa shape index (κ3) is 4.40. The Bertz CT molecular complexity index is 862. The number of rotatable bonds is 5. The van der Waals surface area contributed by atoms with Gasteiger partial charge in [-0.3, -0.25) is 24.5 Å². The molecule has 27 heavy (non-hydrogen) atoms. The Kier molecular flexibility index (Phi) is 5.98. The zero-order valence-corrected chi connectivity index (χ0v) is 16.3. The summed E-state index contributed by atoms with van der Waals surface area (Å²) in [5, 5.41) is 16.5. The highest BCUT2D eigenvalue weighted by atomic mass is 35.5. The number of nitro groups is 1. The summed E-state index contributed by atoms with van der Waals surface area (Å²) in [7, 11) is 0. The first kappa shape index (κ1) is 19.6. The molecule has 144 valence electrons. The fraction of sp³-hybridized carbons (Fsp3) is 0.412. The molecule has 1 fully saturated rings. The van der Waals surface area contributed by atoms with Crippen molar-refractivity contribution >= 4 is 34.8 Å². The van der Waals surface area contributed by atoms with Gasteiger partial charge in [0.25, 0.3) is 5.91 Å². The SMILES string of the molecule is CCn1cc([N+](=O)[O-])c(C(=O)N2CCN(Cc3ccc(Cl)cc3Cl)CC2)n1. The number of amides is 1. The van der Waals surface area contributed by atoms with Crippen molar-refractivity contribution in [2.24, 2.45) is 0 Å². The second-order valence-corrected chi connectivity index (χ2v) is 7.12. The summed E-state index contributed by atoms with van der Waals surface area (Å²) in [6, 6.07) is 5.40. The Morgan fingerprint density at radius 1 is 1.26 bits per heavy atom. The molecule has 0 aliphatic carbocycles. The normalized spacial score (nSPS) is 15.1. The number of carbonyl (C=O) groups is 1. The molecule has 0 unspecified atom stereocenters. The first-order valence-electron chi connectivity index (χ1n) is 8.56. The van der Waals surface area contributed by atoms with Crippen molar-refractivity contribution in [3.05, 3.63) is 55.8 Å². The molecule has 8 nitrogen and oxygen atoms in total. The number of halogens is 2. The molecule has 1 aliphatic heterocycles. The van der Waals surface area contributed by atoms with Crippen LogP contribution in [0, 0.1) is 10.1 Å². The fourth-order valence-electron chi connectivity index (χ4n) is 3.01. The van der Waals surface area contributed by atoms with E-state index in [1.54, 1.807) is 17.0 Å². The van der Waals surface area contributed by atoms with Crippen LogP contribution in [0.4, 0.5) is 5.69 Å². The second-order valence-electron chi connectivity index (χ2n) is 6.28. The molecule has 0 bridgehead atoms. The Labute approximate surface area is 166 Å². The van der Waals surface area contributed by atoms with Crippen LogP contribution in [-0.2, 0) is 13.1 Å². The van der Waals surface area contributed by atoms with Crippen LogP contribution in [0.15, 0.2) is 24.4 Å². The minimum absolute atomic E-state index is 0.101. The average Bonchev–Trinajstić information content (AvgIpc) is 3.09. The summed E-state index contributed by atoms with van der Waals surface area (Å²) in [6.07, 6.45) is 1.30. The first-order chi connectivity index (χ1) is 12.9. The van der Waals surface area contributed by atoms with E-state index >= 15 is 0 Å². The van der Waals surface area contributed by atoms with Crippen molar-refractivity contribution in [2.45, 2.75) is 20.0 Å². The summed E-state index contributed by atoms with van der Waals surface area (Å²) in [4.78, 5) is 27.1. The first-order valence-corrected chi connectivity index (χ1v) is 9.32. The van der Waals surface area contributed by atoms with Gasteiger partial charge in [-0.25, -0.2) is 0 Å². The summed E-state index contributed by atoms with van der Waals surface area (Å²) in [6.45, 7) is 5.17. The molecular weight excluding hydrogens is 393 g/mol. The van der Waals surface area contributed by atoms with E-state index in [1.807, 2.05) is 13.0 Å². The highest BCUT2D eigenvalue weighted by Gasteiger charge is 2.31. The van der Waals surface area contributed by atoms with E-state index in [0.717, 1.165) is 5.56 Å². The van der Waals surface area contributed by atoms with Gasteiger partial charge in [0.15, 0.2) is 0 Å². The molecule has 0 atom stereocenters. The van der Waals surface area contributed by atoms with E-state index in [4.69, 9.17) is 23.2 Å². The minimum Gasteiger partial charge on any atom is -0.334 e. The zero-order valence-electron chi connectivity index (χ0n) is 14.8. The Balaban J connectivity index is 1.64. The molecule has 2 aromatic rings. The molecule has 0 saturated carbocycles. The van der Waals surface area contributed by atoms with E-state index in [-0.39, 0.29) is 11.4 Å². The zero-order chi connectivity index (χ0) is 19.6. The number of aryl methyl sites for hydroxylation is 1. The number of hydrogen-bond acceptors (Lipinski definition) is 5. The predicted molar refractivity (Wildman–Crippen MR) is 102 cm³/mol. The lowest BCUT2D eigenvalue weighted by atomic mass is 10.2. The molecule has 0 spiro atoms. The molecule has 2 heterocycles. The monoisotopic (exact) mass is 411 g/mol. The van der Waals surface area contributed by atoms with Crippen molar-refractivity contribution in [1.82, 2.24) is 19.6 Å². The van der Waals surface area contributed by atoms with Gasteiger partial charge < -0.3 is 4.90 Å². The maximum Gasteiger partial charge on any atom is 0.320 e. The smallest absolute Gasteiger partial charge is 0.320 e. The molecule has 1 aromatic carbocycles. The quantitative estimate of drug-likeness (QED) is 0.557. The van der Waals surface area contributed by atoms with Crippen LogP contribution in [0.25, 0.3) is 0 Å². The van der Waals surface area contributed by atoms with Gasteiger partial charge in [0.2, 0.25) is 5.69 Å². The van der Waals surface area contributed by atoms with E-state index < -0.39 is 10.8 Å². The van der Waals surface area contributed by atoms with E-state index in [2.05, 4.69) is 10.00 Å². The largest absolute Gasteiger partial charge is 0.334 e. The number of aromatic nitrogens is 2. The summed E-state index contributed by atoms with van der Waals surface area (Å²) in [5.41, 5.74) is 0.617. The van der Waals surface area contributed by atoms with Crippen molar-refractivity contribution in [1.29, 1.82) is 0 Å². The molecule has 1 amide bonds. The van der Waals surface area contributed by atoms with Crippen molar-refractivity contribution in [3.63, 3.8) is 0 Å². The van der Waals surface area contributed by atoms with Crippen LogP contribution in [0.5, 0.6) is 0 Å². The standard InChI is InChI=1S/C17H19Cl2N5O3/c1-2-23-11-15(24(26)27)16(20-23)17(25)22-7-5-21(6-8-22)10-12-3-4-13(18)9-14(12)19/h3-4,9,11H,2,5-8,10H2,1H3. The van der Waals surface area contributed by atoms with Crippen LogP contribution < -0.4 is 0 Å². The topological polar surface area (TPSA) is 84.5 Å². The van der Waals surface area contributed by atoms with Crippen LogP contribution in [0.1, 0.15) is 23.0 Å². The summed E-state index contributed by atoms with van der Waals surface area (Å²) >= 11 is 12.1. The molecule has 0 radical (unpaired) electrons. The summed E-state index contributed by atoms with van der Waals surface area (Å²) in [5.74, 6) is -0.405. The van der Waals surface area contributed by atoms with Crippen LogP contribution in [-0.4, -0.2) is 56.6 Å². The predicted octanol–water partition coefficient (Wildman–Crippen LogP) is 3.08. The molecular formula is C17H19Cl2N5O3. The van der Waals surface area contributed by atoms with E-state index in [0.29, 0.717) is 49.3 Å². The highest BCUT2D eigenvalue weighted by molar-refractivity contribution is 6.35. The van der Waals surface area contributed by atoms with Gasteiger partial charge >= 0.3 is 5.69 Å². The fourth-order valence-corrected chi connectivity index (χ4v) is 3.48. The molecule has 10 heteroatoms. The Morgan fingerprint density at radius 3 is 2.56 bits per heavy atom. The minimum atomic E-state index is -0.564. The van der Waals surface area contributed by atoms with Gasteiger partial charge in [-0.1, -0.05) is 29.3 Å². The second kappa shape index (κ2) is 8.24. The lowest BCUT2D eigenvalue weighted by Crippen LogP contribution is -2.48. The van der Waals surface area contributed by atoms with Gasteiger partial charge in [-0.2, -0.15) is 5.10 Å². The van der Waals surface area contributed by atoms with Gasteiger partial charge in [0.1, 0.15) is 6.20 Å². The molecule has 1 saturated heterocycles. The number of piperazine rings is 1. The molecule has 0 N–H and O–H groups in total. The number of benzene rings is 1. The van der Waals surface area contributed by atoms with Crippen LogP contribution >= 0.6 is 23.2 Å². The maximum atomic E-state index is 12.7. The third-order valence-corrected chi connectivity index (χ3v) is 5.12. The third-order valence-electron chi connectivity index (χ3n) is 4.53. The molecule has 1 aliphatic rings. The maximum absolute atomic E-state index is 12.7. The van der Waals surface area contributed by atoms with Gasteiger partial charge in [-0.05, 0) is 24.6 Å². The van der Waals surface area contributed by atoms with Gasteiger partial charge in [-0.15, -0.1) is 0 Å². The van der Waals surface area contributed by atoms with Crippen molar-refractivity contribution in [3.8, 4) is 0 Å². The number of nitrogens with zero attached hydrogens (tertiary/aromatic N) is 5. The Morgan fingerprint density at radius 2 is 1.96 bits per heavy atom. The number of hydrogen-bond donors (Lipinski definition) is 0. The molecule has 1 aromatic heterocycles. The lowest BCUT2D eigenvalue weighted by Gasteiger charge is -2.34. The van der Waals surface area contributed by atoms with E-state index in [9.17, 15) is 14.9 Å².